The highest BCUT2D eigenvalue weighted by atomic mass is 16.5. The number of amides is 2. The number of piperidine rings is 1. The van der Waals surface area contributed by atoms with Gasteiger partial charge < -0.3 is 19.7 Å². The van der Waals surface area contributed by atoms with Gasteiger partial charge in [0.1, 0.15) is 11.5 Å². The highest BCUT2D eigenvalue weighted by Gasteiger charge is 2.25. The molecule has 0 aromatic heterocycles. The van der Waals surface area contributed by atoms with Gasteiger partial charge in [0, 0.05) is 30.3 Å². The molecule has 0 saturated carbocycles. The molecule has 0 atom stereocenters. The molecule has 2 amide bonds. The van der Waals surface area contributed by atoms with Gasteiger partial charge in [0.15, 0.2) is 0 Å². The zero-order valence-corrected chi connectivity index (χ0v) is 15.6. The number of nitrogens with zero attached hydrogens (tertiary/aromatic N) is 1. The summed E-state index contributed by atoms with van der Waals surface area (Å²) in [5.74, 6) is 1.28. The van der Waals surface area contributed by atoms with Crippen molar-refractivity contribution in [1.82, 2.24) is 10.2 Å². The Morgan fingerprint density at radius 2 is 1.59 bits per heavy atom. The van der Waals surface area contributed by atoms with Crippen molar-refractivity contribution in [3.63, 3.8) is 0 Å². The minimum Gasteiger partial charge on any atom is -0.497 e. The van der Waals surface area contributed by atoms with Crippen LogP contribution in [-0.4, -0.2) is 50.1 Å². The molecular weight excluding hydrogens is 344 g/mol. The maximum Gasteiger partial charge on any atom is 0.253 e. The second-order valence-electron chi connectivity index (χ2n) is 6.50. The fraction of sp³-hybridized carbons (Fsp3) is 0.333. The number of hydrogen-bond donors (Lipinski definition) is 1. The summed E-state index contributed by atoms with van der Waals surface area (Å²) in [6, 6.07) is 14.3. The van der Waals surface area contributed by atoms with Crippen molar-refractivity contribution in [2.75, 3.05) is 27.3 Å². The fourth-order valence-electron chi connectivity index (χ4n) is 3.18. The Kier molecular flexibility index (Phi) is 5.96. The standard InChI is InChI=1S/C21H24N2O4/c1-26-18-8-6-15(7-9-18)21(25)23-12-10-17(11-13-23)22-20(24)16-4-3-5-19(14-16)27-2/h3-9,14,17H,10-13H2,1-2H3,(H,22,24). The summed E-state index contributed by atoms with van der Waals surface area (Å²) < 4.78 is 10.3. The number of methoxy groups -OCH3 is 2. The molecule has 1 fully saturated rings. The first-order valence-electron chi connectivity index (χ1n) is 8.99. The predicted molar refractivity (Wildman–Crippen MR) is 102 cm³/mol. The van der Waals surface area contributed by atoms with Gasteiger partial charge in [0.05, 0.1) is 14.2 Å². The largest absolute Gasteiger partial charge is 0.497 e. The van der Waals surface area contributed by atoms with Crippen LogP contribution in [0.15, 0.2) is 48.5 Å². The monoisotopic (exact) mass is 368 g/mol. The Balaban J connectivity index is 1.53. The molecule has 27 heavy (non-hydrogen) atoms. The van der Waals surface area contributed by atoms with E-state index >= 15 is 0 Å². The molecule has 6 nitrogen and oxygen atoms in total. The van der Waals surface area contributed by atoms with Crippen molar-refractivity contribution in [2.24, 2.45) is 0 Å². The third kappa shape index (κ3) is 4.58. The first kappa shape index (κ1) is 18.8. The summed E-state index contributed by atoms with van der Waals surface area (Å²) in [6.07, 6.45) is 1.47. The van der Waals surface area contributed by atoms with Gasteiger partial charge in [-0.05, 0) is 55.3 Å². The van der Waals surface area contributed by atoms with Crippen LogP contribution in [0.4, 0.5) is 0 Å². The molecule has 1 aliphatic heterocycles. The summed E-state index contributed by atoms with van der Waals surface area (Å²) in [6.45, 7) is 1.24. The van der Waals surface area contributed by atoms with E-state index in [4.69, 9.17) is 9.47 Å². The molecule has 2 aromatic rings. The Morgan fingerprint density at radius 3 is 2.22 bits per heavy atom. The average Bonchev–Trinajstić information content (AvgIpc) is 2.74. The maximum absolute atomic E-state index is 12.6. The third-order valence-electron chi connectivity index (χ3n) is 4.79. The van der Waals surface area contributed by atoms with Gasteiger partial charge in [0.25, 0.3) is 11.8 Å². The second kappa shape index (κ2) is 8.58. The SMILES string of the molecule is COc1ccc(C(=O)N2CCC(NC(=O)c3cccc(OC)c3)CC2)cc1. The molecular formula is C21H24N2O4. The van der Waals surface area contributed by atoms with E-state index in [1.807, 2.05) is 4.90 Å². The quantitative estimate of drug-likeness (QED) is 0.881. The van der Waals surface area contributed by atoms with E-state index in [2.05, 4.69) is 5.32 Å². The van der Waals surface area contributed by atoms with Gasteiger partial charge in [-0.1, -0.05) is 6.07 Å². The molecule has 0 aliphatic carbocycles. The van der Waals surface area contributed by atoms with Crippen LogP contribution in [-0.2, 0) is 0 Å². The number of benzene rings is 2. The van der Waals surface area contributed by atoms with Crippen LogP contribution in [0.25, 0.3) is 0 Å². The molecule has 0 spiro atoms. The lowest BCUT2D eigenvalue weighted by atomic mass is 10.0. The Labute approximate surface area is 159 Å². The van der Waals surface area contributed by atoms with Gasteiger partial charge in [-0.3, -0.25) is 9.59 Å². The van der Waals surface area contributed by atoms with Crippen LogP contribution in [0.3, 0.4) is 0 Å². The van der Waals surface area contributed by atoms with Crippen LogP contribution in [0.2, 0.25) is 0 Å². The number of carbonyl (C=O) groups is 2. The smallest absolute Gasteiger partial charge is 0.253 e. The molecule has 3 rings (SSSR count). The van der Waals surface area contributed by atoms with Gasteiger partial charge in [-0.25, -0.2) is 0 Å². The first-order chi connectivity index (χ1) is 13.1. The Bertz CT molecular complexity index is 796. The van der Waals surface area contributed by atoms with E-state index in [1.54, 1.807) is 62.8 Å². The lowest BCUT2D eigenvalue weighted by Gasteiger charge is -2.32. The van der Waals surface area contributed by atoms with E-state index in [0.717, 1.165) is 18.6 Å². The lowest BCUT2D eigenvalue weighted by Crippen LogP contribution is -2.46. The second-order valence-corrected chi connectivity index (χ2v) is 6.50. The molecule has 1 heterocycles. The van der Waals surface area contributed by atoms with Gasteiger partial charge in [-0.2, -0.15) is 0 Å². The van der Waals surface area contributed by atoms with E-state index in [1.165, 1.54) is 0 Å². The number of hydrogen-bond acceptors (Lipinski definition) is 4. The molecule has 1 aliphatic rings. The third-order valence-corrected chi connectivity index (χ3v) is 4.79. The zero-order chi connectivity index (χ0) is 19.2. The van der Waals surface area contributed by atoms with Gasteiger partial charge in [0.2, 0.25) is 0 Å². The molecule has 0 radical (unpaired) electrons. The van der Waals surface area contributed by atoms with Crippen LogP contribution < -0.4 is 14.8 Å². The summed E-state index contributed by atoms with van der Waals surface area (Å²) in [4.78, 5) is 26.9. The normalized spacial score (nSPS) is 14.5. The molecule has 2 aromatic carbocycles. The van der Waals surface area contributed by atoms with Crippen LogP contribution in [0, 0.1) is 0 Å². The maximum atomic E-state index is 12.6. The number of ether oxygens (including phenoxy) is 2. The number of likely N-dealkylation sites (tertiary alicyclic amines) is 1. The topological polar surface area (TPSA) is 67.9 Å². The summed E-state index contributed by atoms with van der Waals surface area (Å²) in [5.41, 5.74) is 1.22. The van der Waals surface area contributed by atoms with E-state index in [0.29, 0.717) is 30.0 Å². The first-order valence-corrected chi connectivity index (χ1v) is 8.99. The number of carbonyl (C=O) groups excluding carboxylic acids is 2. The predicted octanol–water partition coefficient (Wildman–Crippen LogP) is 2.74. The van der Waals surface area contributed by atoms with Crippen molar-refractivity contribution in [2.45, 2.75) is 18.9 Å². The molecule has 0 unspecified atom stereocenters. The minimum atomic E-state index is -0.117. The van der Waals surface area contributed by atoms with Gasteiger partial charge in [-0.15, -0.1) is 0 Å². The summed E-state index contributed by atoms with van der Waals surface area (Å²) in [5, 5.41) is 3.05. The number of nitrogens with one attached hydrogen (secondary N) is 1. The highest BCUT2D eigenvalue weighted by Crippen LogP contribution is 2.18. The van der Waals surface area contributed by atoms with Crippen molar-refractivity contribution in [3.05, 3.63) is 59.7 Å². The van der Waals surface area contributed by atoms with Gasteiger partial charge >= 0.3 is 0 Å². The Hall–Kier alpha value is -3.02. The molecule has 1 saturated heterocycles. The number of rotatable bonds is 5. The van der Waals surface area contributed by atoms with Crippen molar-refractivity contribution in [1.29, 1.82) is 0 Å². The van der Waals surface area contributed by atoms with Crippen LogP contribution >= 0.6 is 0 Å². The van der Waals surface area contributed by atoms with Crippen molar-refractivity contribution >= 4 is 11.8 Å². The van der Waals surface area contributed by atoms with E-state index in [-0.39, 0.29) is 17.9 Å². The highest BCUT2D eigenvalue weighted by molar-refractivity contribution is 5.95. The molecule has 1 N–H and O–H groups in total. The van der Waals surface area contributed by atoms with E-state index < -0.39 is 0 Å². The van der Waals surface area contributed by atoms with Crippen LogP contribution in [0.5, 0.6) is 11.5 Å². The fourth-order valence-corrected chi connectivity index (χ4v) is 3.18. The Morgan fingerprint density at radius 1 is 0.926 bits per heavy atom. The summed E-state index contributed by atoms with van der Waals surface area (Å²) >= 11 is 0. The molecule has 6 heteroatoms. The average molecular weight is 368 g/mol. The minimum absolute atomic E-state index is 0.00947. The van der Waals surface area contributed by atoms with Crippen molar-refractivity contribution < 1.29 is 19.1 Å². The van der Waals surface area contributed by atoms with Crippen LogP contribution in [0.1, 0.15) is 33.6 Å². The zero-order valence-electron chi connectivity index (χ0n) is 15.6. The summed E-state index contributed by atoms with van der Waals surface area (Å²) in [7, 11) is 3.17. The molecule has 142 valence electrons. The van der Waals surface area contributed by atoms with Crippen molar-refractivity contribution in [3.8, 4) is 11.5 Å². The molecule has 0 bridgehead atoms. The lowest BCUT2D eigenvalue weighted by molar-refractivity contribution is 0.0698. The van der Waals surface area contributed by atoms with E-state index in [9.17, 15) is 9.59 Å².